The van der Waals surface area contributed by atoms with Crippen LogP contribution in [0.15, 0.2) is 6.20 Å². The predicted molar refractivity (Wildman–Crippen MR) is 50.3 cm³/mol. The van der Waals surface area contributed by atoms with Crippen molar-refractivity contribution < 1.29 is 4.79 Å². The lowest BCUT2D eigenvalue weighted by Crippen LogP contribution is -2.07. The molecule has 0 atom stereocenters. The summed E-state index contributed by atoms with van der Waals surface area (Å²) in [5, 5.41) is 15.3. The molecule has 7 nitrogen and oxygen atoms in total. The number of hydrogen-bond donors (Lipinski definition) is 0. The second kappa shape index (κ2) is 3.60. The van der Waals surface area contributed by atoms with Crippen LogP contribution in [0.4, 0.5) is 0 Å². The van der Waals surface area contributed by atoms with E-state index in [-0.39, 0.29) is 0 Å². The van der Waals surface area contributed by atoms with Gasteiger partial charge in [-0.25, -0.2) is 4.68 Å². The number of aryl methyl sites for hydroxylation is 1. The van der Waals surface area contributed by atoms with Gasteiger partial charge >= 0.3 is 0 Å². The summed E-state index contributed by atoms with van der Waals surface area (Å²) in [6.45, 7) is 2.33. The van der Waals surface area contributed by atoms with E-state index in [0.717, 1.165) is 11.6 Å². The van der Waals surface area contributed by atoms with E-state index in [2.05, 4.69) is 20.5 Å². The molecule has 0 saturated carbocycles. The summed E-state index contributed by atoms with van der Waals surface area (Å²) in [5.74, 6) is 1.61. The fourth-order valence-corrected chi connectivity index (χ4v) is 1.18. The summed E-state index contributed by atoms with van der Waals surface area (Å²) in [6.07, 6.45) is 2.22. The fraction of sp³-hybridized carbons (Fsp3) is 0.375. The van der Waals surface area contributed by atoms with E-state index in [1.165, 1.54) is 0 Å². The highest BCUT2D eigenvalue weighted by atomic mass is 16.1. The van der Waals surface area contributed by atoms with Crippen molar-refractivity contribution in [3.05, 3.63) is 23.5 Å². The Morgan fingerprint density at radius 2 is 2.20 bits per heavy atom. The lowest BCUT2D eigenvalue weighted by Gasteiger charge is -2.00. The lowest BCUT2D eigenvalue weighted by atomic mass is 10.5. The number of carbonyl (C=O) groups excluding carboxylic acids is 1. The Hall–Kier alpha value is -2.05. The molecule has 0 fully saturated rings. The van der Waals surface area contributed by atoms with Gasteiger partial charge < -0.3 is 4.57 Å². The van der Waals surface area contributed by atoms with E-state index in [9.17, 15) is 4.79 Å². The van der Waals surface area contributed by atoms with Gasteiger partial charge in [-0.15, -0.1) is 15.3 Å². The molecule has 0 aliphatic heterocycles. The van der Waals surface area contributed by atoms with Gasteiger partial charge in [0.25, 0.3) is 0 Å². The second-order valence-electron chi connectivity index (χ2n) is 3.18. The fourth-order valence-electron chi connectivity index (χ4n) is 1.18. The van der Waals surface area contributed by atoms with Crippen molar-refractivity contribution in [2.75, 3.05) is 0 Å². The second-order valence-corrected chi connectivity index (χ2v) is 3.18. The predicted octanol–water partition coefficient (Wildman–Crippen LogP) is -0.424. The first-order chi connectivity index (χ1) is 7.20. The van der Waals surface area contributed by atoms with Crippen LogP contribution in [0.1, 0.15) is 22.1 Å². The van der Waals surface area contributed by atoms with Gasteiger partial charge in [0.2, 0.25) is 0 Å². The molecule has 0 radical (unpaired) electrons. The summed E-state index contributed by atoms with van der Waals surface area (Å²) in [6, 6.07) is 0. The van der Waals surface area contributed by atoms with Gasteiger partial charge in [0.15, 0.2) is 12.1 Å². The molecule has 0 bridgehead atoms. The molecule has 0 aliphatic rings. The van der Waals surface area contributed by atoms with Crippen LogP contribution >= 0.6 is 0 Å². The van der Waals surface area contributed by atoms with E-state index >= 15 is 0 Å². The Bertz CT molecular complexity index is 485. The highest BCUT2D eigenvalue weighted by Gasteiger charge is 2.06. The standard InChI is InChI=1S/C8H10N6O/c1-6-9-11-8(13(6)2)4-14-3-7(5-15)10-12-14/h3,5H,4H2,1-2H3. The molecule has 2 aromatic heterocycles. The Labute approximate surface area is 85.7 Å². The number of carbonyl (C=O) groups is 1. The summed E-state index contributed by atoms with van der Waals surface area (Å²) in [5.41, 5.74) is 0.314. The molecule has 2 aromatic rings. The van der Waals surface area contributed by atoms with Crippen molar-refractivity contribution in [2.24, 2.45) is 7.05 Å². The largest absolute Gasteiger partial charge is 0.317 e. The van der Waals surface area contributed by atoms with Gasteiger partial charge in [0.1, 0.15) is 18.1 Å². The average molecular weight is 206 g/mol. The maximum atomic E-state index is 10.4. The smallest absolute Gasteiger partial charge is 0.171 e. The van der Waals surface area contributed by atoms with Gasteiger partial charge in [-0.3, -0.25) is 4.79 Å². The number of aromatic nitrogens is 6. The topological polar surface area (TPSA) is 78.5 Å². The first-order valence-corrected chi connectivity index (χ1v) is 4.41. The maximum Gasteiger partial charge on any atom is 0.171 e. The Balaban J connectivity index is 2.21. The first-order valence-electron chi connectivity index (χ1n) is 4.41. The van der Waals surface area contributed by atoms with Gasteiger partial charge in [-0.05, 0) is 6.92 Å². The van der Waals surface area contributed by atoms with Crippen molar-refractivity contribution in [3.63, 3.8) is 0 Å². The van der Waals surface area contributed by atoms with Crippen LogP contribution in [0.2, 0.25) is 0 Å². The molecule has 0 amide bonds. The molecule has 78 valence electrons. The Morgan fingerprint density at radius 1 is 1.40 bits per heavy atom. The van der Waals surface area contributed by atoms with Crippen LogP contribution in [0.3, 0.4) is 0 Å². The van der Waals surface area contributed by atoms with Crippen molar-refractivity contribution in [1.82, 2.24) is 29.8 Å². The third-order valence-corrected chi connectivity index (χ3v) is 2.16. The van der Waals surface area contributed by atoms with Gasteiger partial charge in [0, 0.05) is 7.05 Å². The Kier molecular flexibility index (Phi) is 2.28. The summed E-state index contributed by atoms with van der Waals surface area (Å²) in [4.78, 5) is 10.4. The highest BCUT2D eigenvalue weighted by molar-refractivity contribution is 5.70. The SMILES string of the molecule is Cc1nnc(Cn2cc(C=O)nn2)n1C. The zero-order chi connectivity index (χ0) is 10.8. The van der Waals surface area contributed by atoms with Crippen molar-refractivity contribution >= 4 is 6.29 Å². The van der Waals surface area contributed by atoms with Crippen molar-refractivity contribution in [2.45, 2.75) is 13.5 Å². The van der Waals surface area contributed by atoms with Gasteiger partial charge in [-0.1, -0.05) is 5.21 Å². The normalized spacial score (nSPS) is 10.5. The minimum atomic E-state index is 0.314. The van der Waals surface area contributed by atoms with E-state index in [0.29, 0.717) is 18.5 Å². The molecule has 7 heteroatoms. The Morgan fingerprint density at radius 3 is 2.73 bits per heavy atom. The van der Waals surface area contributed by atoms with Crippen LogP contribution < -0.4 is 0 Å². The molecular weight excluding hydrogens is 196 g/mol. The van der Waals surface area contributed by atoms with Gasteiger partial charge in [0.05, 0.1) is 6.20 Å². The molecule has 15 heavy (non-hydrogen) atoms. The molecule has 0 spiro atoms. The van der Waals surface area contributed by atoms with Gasteiger partial charge in [-0.2, -0.15) is 0 Å². The molecule has 2 rings (SSSR count). The van der Waals surface area contributed by atoms with Crippen LogP contribution in [0, 0.1) is 6.92 Å². The molecular formula is C8H10N6O. The van der Waals surface area contributed by atoms with Crippen molar-refractivity contribution in [1.29, 1.82) is 0 Å². The minimum Gasteiger partial charge on any atom is -0.317 e. The zero-order valence-corrected chi connectivity index (χ0v) is 8.45. The molecule has 0 unspecified atom stereocenters. The van der Waals surface area contributed by atoms with E-state index in [4.69, 9.17) is 0 Å². The van der Waals surface area contributed by atoms with Crippen LogP contribution in [0.5, 0.6) is 0 Å². The van der Waals surface area contributed by atoms with Crippen LogP contribution in [-0.4, -0.2) is 36.0 Å². The molecule has 2 heterocycles. The third kappa shape index (κ3) is 1.76. The summed E-state index contributed by atoms with van der Waals surface area (Å²) in [7, 11) is 1.88. The molecule has 0 aliphatic carbocycles. The minimum absolute atomic E-state index is 0.314. The molecule has 0 aromatic carbocycles. The number of hydrogen-bond acceptors (Lipinski definition) is 5. The van der Waals surface area contributed by atoms with E-state index in [1.54, 1.807) is 10.9 Å². The number of aldehydes is 1. The third-order valence-electron chi connectivity index (χ3n) is 2.16. The van der Waals surface area contributed by atoms with Crippen LogP contribution in [-0.2, 0) is 13.6 Å². The number of nitrogens with zero attached hydrogens (tertiary/aromatic N) is 6. The maximum absolute atomic E-state index is 10.4. The van der Waals surface area contributed by atoms with Crippen LogP contribution in [0.25, 0.3) is 0 Å². The highest BCUT2D eigenvalue weighted by Crippen LogP contribution is 2.00. The van der Waals surface area contributed by atoms with Crippen molar-refractivity contribution in [3.8, 4) is 0 Å². The first kappa shape index (κ1) is 9.50. The summed E-state index contributed by atoms with van der Waals surface area (Å²) >= 11 is 0. The molecule has 0 N–H and O–H groups in total. The number of rotatable bonds is 3. The zero-order valence-electron chi connectivity index (χ0n) is 8.45. The van der Waals surface area contributed by atoms with E-state index < -0.39 is 0 Å². The summed E-state index contributed by atoms with van der Waals surface area (Å²) < 4.78 is 3.41. The van der Waals surface area contributed by atoms with E-state index in [1.807, 2.05) is 18.5 Å². The molecule has 0 saturated heterocycles. The lowest BCUT2D eigenvalue weighted by molar-refractivity contribution is 0.111. The monoisotopic (exact) mass is 206 g/mol. The average Bonchev–Trinajstić information content (AvgIpc) is 2.80. The quantitative estimate of drug-likeness (QED) is 0.637.